The Morgan fingerprint density at radius 2 is 0.711 bits per heavy atom. The zero-order chi connectivity index (χ0) is 72.7. The Hall–Kier alpha value is -2.38. The van der Waals surface area contributed by atoms with E-state index in [0.29, 0.717) is 19.3 Å². The van der Waals surface area contributed by atoms with E-state index in [1.165, 1.54) is 27.7 Å². The third kappa shape index (κ3) is 16.7. The molecule has 0 N–H and O–H groups in total. The molecule has 0 aromatic heterocycles. The highest BCUT2D eigenvalue weighted by Gasteiger charge is 2.91. The average Bonchev–Trinajstić information content (AvgIpc) is 1.01. The standard InChI is InChI=1S/C12H15F9.C10H14F6.C9H13F3.C9H15F3.C8H7F9.C8H12F4/c1-4-5(2)8(11(16,17)18)9(12(19,20)21)6(3)7(4)10(13,14)15;1-5-3-6(2)8(10(14,15)16)7(4-5)9(11,12)13;1-5-6-3-4-7(5)8(6,2)9(10,11)12;1-6-3-7(2)5-8(4-6)9(10,11)12;1-3-5(10,11)4(2,9)7(14,15)8(16,17)6(3,12)13;1-3-5(9)4(2)7(11)8(12)6(3)10/h4-9H,1-3H3;5-8H,3-4H2,1-2H3;5-7H,3-4H2,1-2H3;6-8H,3-5H2,1-2H3;3H,1-2H3;3-8H,1-2H3/t4-,5?,6?,7?,8?,9?;5-,6?,7?,8?;5?,6-,7+,8?;6-,7?,8?;3-,4?;3-,4?,5?,6?,7?,8?/m10.000/s1/i;;;6D;;. The van der Waals surface area contributed by atoms with Crippen LogP contribution in [-0.4, -0.2) is 97.3 Å². The van der Waals surface area contributed by atoms with Gasteiger partial charge in [0, 0.05) is 13.2 Å². The fourth-order valence-corrected chi connectivity index (χ4v) is 15.0. The highest BCUT2D eigenvalue weighted by Crippen LogP contribution is 2.71. The first-order chi connectivity index (χ1) is 39.8. The highest BCUT2D eigenvalue weighted by molar-refractivity contribution is 5.20. The van der Waals surface area contributed by atoms with Gasteiger partial charge in [0.05, 0.1) is 46.8 Å². The van der Waals surface area contributed by atoms with Crippen LogP contribution >= 0.6 is 0 Å². The van der Waals surface area contributed by atoms with Gasteiger partial charge < -0.3 is 0 Å². The summed E-state index contributed by atoms with van der Waals surface area (Å²) in [6.07, 6.45) is -38.8. The SMILES string of the molecule is CC1C(C(F)(F)F)C(C(F)(F)F)C(C)[C@@H](C)C1C(F)(F)F.CC1C(F)C(F)C(F)[C@@H](C)C1F.CC1C[C@H](C)CC(C(F)(F)F)C1C(F)(F)F.CC1[C@H]2CC[C@@H]1C2(C)C(F)(F)F.C[C@H]1C(F)(F)C(C)(F)C(F)(F)C(F)(F)C1(F)F.[2H][C@]1(C)CC(C)CC(C(F)(F)F)C1. The van der Waals surface area contributed by atoms with Crippen molar-refractivity contribution >= 4 is 0 Å². The number of rotatable bonds is 0. The summed E-state index contributed by atoms with van der Waals surface area (Å²) in [6, 6.07) is 0. The second-order valence-corrected chi connectivity index (χ2v) is 26.5. The Kier molecular flexibility index (Phi) is 25.1. The molecule has 8 fully saturated rings. The molecule has 18 unspecified atom stereocenters. The van der Waals surface area contributed by atoms with Crippen LogP contribution in [-0.2, 0) is 0 Å². The fraction of sp³-hybridized carbons (Fsp3) is 1.00. The Morgan fingerprint density at radius 1 is 0.344 bits per heavy atom. The third-order valence-corrected chi connectivity index (χ3v) is 20.3. The second-order valence-electron chi connectivity index (χ2n) is 26.5. The van der Waals surface area contributed by atoms with Crippen LogP contribution < -0.4 is 0 Å². The first-order valence-electron chi connectivity index (χ1n) is 29.1. The number of hydrogen-bond acceptors (Lipinski definition) is 0. The van der Waals surface area contributed by atoms with Gasteiger partial charge in [0.1, 0.15) is 18.5 Å². The normalized spacial score (nSPS) is 44.3. The van der Waals surface area contributed by atoms with E-state index in [1.54, 1.807) is 20.8 Å². The number of hydrogen-bond donors (Lipinski definition) is 0. The van der Waals surface area contributed by atoms with E-state index in [1.807, 2.05) is 6.92 Å². The molecule has 0 aromatic rings. The molecule has 8 aliphatic rings. The van der Waals surface area contributed by atoms with Crippen LogP contribution in [0.5, 0.6) is 0 Å². The minimum absolute atomic E-state index is 0.0166. The molecule has 0 spiro atoms. The summed E-state index contributed by atoms with van der Waals surface area (Å²) < 4.78 is 442. The number of halogens is 34. The summed E-state index contributed by atoms with van der Waals surface area (Å²) in [5.74, 6) is -50.5. The molecule has 0 saturated heterocycles. The predicted molar refractivity (Wildman–Crippen MR) is 260 cm³/mol. The lowest BCUT2D eigenvalue weighted by Gasteiger charge is -2.53. The number of fused-ring (bicyclic) bond motifs is 1. The molecular weight excluding hydrogens is 1320 g/mol. The lowest BCUT2D eigenvalue weighted by molar-refractivity contribution is -0.431. The van der Waals surface area contributed by atoms with Crippen LogP contribution in [0.15, 0.2) is 0 Å². The third-order valence-electron chi connectivity index (χ3n) is 20.3. The average molecular weight is 1400 g/mol. The van der Waals surface area contributed by atoms with E-state index in [0.717, 1.165) is 26.7 Å². The summed E-state index contributed by atoms with van der Waals surface area (Å²) in [5, 5.41) is 0. The monoisotopic (exact) mass is 1400 g/mol. The molecule has 0 aliphatic heterocycles. The van der Waals surface area contributed by atoms with Crippen LogP contribution in [0.4, 0.5) is 149 Å². The first kappa shape index (κ1) is 81.9. The van der Waals surface area contributed by atoms with Crippen molar-refractivity contribution in [2.75, 3.05) is 0 Å². The summed E-state index contributed by atoms with van der Waals surface area (Å²) in [5.41, 5.74) is -6.41. The second kappa shape index (κ2) is 27.6. The zero-order valence-corrected chi connectivity index (χ0v) is 50.5. The first-order valence-corrected chi connectivity index (χ1v) is 28.6. The highest BCUT2D eigenvalue weighted by atomic mass is 19.4. The van der Waals surface area contributed by atoms with Crippen molar-refractivity contribution in [1.82, 2.24) is 0 Å². The Balaban J connectivity index is 0.000000376. The van der Waals surface area contributed by atoms with Crippen LogP contribution in [0.1, 0.15) is 136 Å². The molecule has 0 amide bonds. The summed E-state index contributed by atoms with van der Waals surface area (Å²) in [7, 11) is 0. The van der Waals surface area contributed by atoms with Gasteiger partial charge >= 0.3 is 61.0 Å². The van der Waals surface area contributed by atoms with Crippen molar-refractivity contribution < 1.29 is 151 Å². The van der Waals surface area contributed by atoms with Crippen LogP contribution in [0.25, 0.3) is 0 Å². The summed E-state index contributed by atoms with van der Waals surface area (Å²) >= 11 is 0. The molecule has 538 valence electrons. The van der Waals surface area contributed by atoms with Crippen molar-refractivity contribution in [3.05, 3.63) is 0 Å². The largest absolute Gasteiger partial charge is 0.394 e. The molecule has 0 heterocycles. The van der Waals surface area contributed by atoms with E-state index in [4.69, 9.17) is 1.37 Å². The smallest absolute Gasteiger partial charge is 0.247 e. The predicted octanol–water partition coefficient (Wildman–Crippen LogP) is 23.2. The van der Waals surface area contributed by atoms with Crippen LogP contribution in [0.2, 0.25) is 0 Å². The molecule has 90 heavy (non-hydrogen) atoms. The van der Waals surface area contributed by atoms with Crippen molar-refractivity contribution in [1.29, 1.82) is 0 Å². The molecule has 34 heteroatoms. The maximum atomic E-state index is 13.2. The van der Waals surface area contributed by atoms with Crippen molar-refractivity contribution in [2.45, 2.75) is 232 Å². The van der Waals surface area contributed by atoms with Gasteiger partial charge in [-0.3, -0.25) is 0 Å². The van der Waals surface area contributed by atoms with Crippen LogP contribution in [0, 0.1) is 118 Å². The van der Waals surface area contributed by atoms with Gasteiger partial charge in [-0.1, -0.05) is 83.1 Å². The molecule has 0 nitrogen and oxygen atoms in total. The van der Waals surface area contributed by atoms with Crippen molar-refractivity contribution in [2.24, 2.45) is 118 Å². The minimum Gasteiger partial charge on any atom is -0.247 e. The lowest BCUT2D eigenvalue weighted by Crippen LogP contribution is -2.77. The fourth-order valence-electron chi connectivity index (χ4n) is 15.0. The van der Waals surface area contributed by atoms with Gasteiger partial charge in [-0.15, -0.1) is 0 Å². The zero-order valence-electron chi connectivity index (χ0n) is 51.5. The Bertz CT molecular complexity index is 2190. The van der Waals surface area contributed by atoms with E-state index in [9.17, 15) is 149 Å². The van der Waals surface area contributed by atoms with E-state index < -0.39 is 199 Å². The molecule has 0 aromatic carbocycles. The van der Waals surface area contributed by atoms with Crippen molar-refractivity contribution in [3.63, 3.8) is 0 Å². The maximum Gasteiger partial charge on any atom is 0.394 e. The molecule has 2 bridgehead atoms. The molecule has 8 rings (SSSR count). The number of alkyl halides is 34. The van der Waals surface area contributed by atoms with Gasteiger partial charge in [0.25, 0.3) is 5.92 Å². The van der Waals surface area contributed by atoms with E-state index in [-0.39, 0.29) is 49.9 Å². The summed E-state index contributed by atoms with van der Waals surface area (Å²) in [4.78, 5) is 0. The van der Waals surface area contributed by atoms with E-state index >= 15 is 0 Å². The van der Waals surface area contributed by atoms with Gasteiger partial charge in [-0.05, 0) is 111 Å². The van der Waals surface area contributed by atoms with Gasteiger partial charge in [0.15, 0.2) is 6.17 Å². The molecule has 0 radical (unpaired) electrons. The molecule has 25 atom stereocenters. The Morgan fingerprint density at radius 3 is 1.03 bits per heavy atom. The van der Waals surface area contributed by atoms with Gasteiger partial charge in [-0.25, -0.2) is 30.7 Å². The quantitative estimate of drug-likeness (QED) is 0.212. The van der Waals surface area contributed by atoms with Gasteiger partial charge in [0.2, 0.25) is 5.67 Å². The van der Waals surface area contributed by atoms with Crippen LogP contribution in [0.3, 0.4) is 0 Å². The molecular formula is C56H76F34. The lowest BCUT2D eigenvalue weighted by atomic mass is 9.53. The maximum absolute atomic E-state index is 13.2. The Labute approximate surface area is 500 Å². The van der Waals surface area contributed by atoms with E-state index in [2.05, 4.69) is 0 Å². The molecule has 8 aliphatic carbocycles. The minimum atomic E-state index is -6.19. The molecule has 8 saturated carbocycles. The van der Waals surface area contributed by atoms with Crippen molar-refractivity contribution in [3.8, 4) is 0 Å². The topological polar surface area (TPSA) is 0 Å². The van der Waals surface area contributed by atoms with Gasteiger partial charge in [-0.2, -0.15) is 119 Å². The summed E-state index contributed by atoms with van der Waals surface area (Å²) in [6.45, 7) is 13.9.